The van der Waals surface area contributed by atoms with Gasteiger partial charge in [0.1, 0.15) is 0 Å². The van der Waals surface area contributed by atoms with Crippen LogP contribution >= 0.6 is 27.3 Å². The molecule has 0 bridgehead atoms. The first-order valence-electron chi connectivity index (χ1n) is 5.68. The number of halogens is 1. The second-order valence-corrected chi connectivity index (χ2v) is 6.14. The molecule has 0 unspecified atom stereocenters. The van der Waals surface area contributed by atoms with Crippen molar-refractivity contribution in [2.75, 3.05) is 0 Å². The Bertz CT molecular complexity index is 686. The molecule has 0 spiro atoms. The highest BCUT2D eigenvalue weighted by atomic mass is 79.9. The zero-order chi connectivity index (χ0) is 12.5. The maximum Gasteiger partial charge on any atom is 0.0682 e. The lowest BCUT2D eigenvalue weighted by molar-refractivity contribution is 0.282. The van der Waals surface area contributed by atoms with Gasteiger partial charge in [0.05, 0.1) is 13.2 Å². The van der Waals surface area contributed by atoms with Crippen LogP contribution in [-0.2, 0) is 13.2 Å². The third-order valence-corrected chi connectivity index (χ3v) is 4.65. The number of hydrogen-bond donors (Lipinski definition) is 1. The van der Waals surface area contributed by atoms with Crippen LogP contribution in [0.2, 0.25) is 0 Å². The summed E-state index contributed by atoms with van der Waals surface area (Å²) in [7, 11) is 0. The van der Waals surface area contributed by atoms with Crippen LogP contribution in [-0.4, -0.2) is 9.67 Å². The van der Waals surface area contributed by atoms with E-state index in [0.717, 1.165) is 16.6 Å². The van der Waals surface area contributed by atoms with Crippen LogP contribution in [0.15, 0.2) is 46.4 Å². The fourth-order valence-corrected chi connectivity index (χ4v) is 3.54. The normalized spacial score (nSPS) is 11.2. The zero-order valence-electron chi connectivity index (χ0n) is 9.64. The van der Waals surface area contributed by atoms with Crippen LogP contribution in [0.1, 0.15) is 10.4 Å². The van der Waals surface area contributed by atoms with Gasteiger partial charge in [-0.2, -0.15) is 0 Å². The van der Waals surface area contributed by atoms with Gasteiger partial charge in [-0.15, -0.1) is 11.3 Å². The molecule has 0 saturated carbocycles. The van der Waals surface area contributed by atoms with E-state index in [1.54, 1.807) is 11.3 Å². The van der Waals surface area contributed by atoms with E-state index in [9.17, 15) is 0 Å². The minimum absolute atomic E-state index is 0.0962. The summed E-state index contributed by atoms with van der Waals surface area (Å²) in [4.78, 5) is 1.32. The Morgan fingerprint density at radius 3 is 2.83 bits per heavy atom. The van der Waals surface area contributed by atoms with Gasteiger partial charge in [0.25, 0.3) is 0 Å². The molecule has 0 atom stereocenters. The molecule has 4 heteroatoms. The lowest BCUT2D eigenvalue weighted by Crippen LogP contribution is -1.95. The van der Waals surface area contributed by atoms with Crippen molar-refractivity contribution in [2.24, 2.45) is 0 Å². The van der Waals surface area contributed by atoms with Crippen molar-refractivity contribution in [1.82, 2.24) is 4.57 Å². The largest absolute Gasteiger partial charge is 0.392 e. The number of fused-ring (bicyclic) bond motifs is 1. The van der Waals surface area contributed by atoms with Gasteiger partial charge in [0.2, 0.25) is 0 Å². The summed E-state index contributed by atoms with van der Waals surface area (Å²) in [5.74, 6) is 0. The van der Waals surface area contributed by atoms with Crippen LogP contribution in [0, 0.1) is 0 Å². The number of aromatic nitrogens is 1. The third kappa shape index (κ3) is 2.23. The predicted molar refractivity (Wildman–Crippen MR) is 79.0 cm³/mol. The Labute approximate surface area is 118 Å². The van der Waals surface area contributed by atoms with Crippen molar-refractivity contribution in [1.29, 1.82) is 0 Å². The molecule has 3 aromatic rings. The molecule has 0 aliphatic heterocycles. The number of hydrogen-bond acceptors (Lipinski definition) is 2. The van der Waals surface area contributed by atoms with Gasteiger partial charge < -0.3 is 9.67 Å². The van der Waals surface area contributed by atoms with Gasteiger partial charge in [0, 0.05) is 26.4 Å². The van der Waals surface area contributed by atoms with Crippen molar-refractivity contribution in [3.05, 3.63) is 56.8 Å². The van der Waals surface area contributed by atoms with Gasteiger partial charge in [0.15, 0.2) is 0 Å². The number of benzene rings is 1. The summed E-state index contributed by atoms with van der Waals surface area (Å²) in [6.45, 7) is 0.983. The third-order valence-electron chi connectivity index (χ3n) is 2.97. The van der Waals surface area contributed by atoms with Gasteiger partial charge >= 0.3 is 0 Å². The highest BCUT2D eigenvalue weighted by Crippen LogP contribution is 2.23. The lowest BCUT2D eigenvalue weighted by atomic mass is 10.2. The predicted octanol–water partition coefficient (Wildman–Crippen LogP) is 4.01. The van der Waals surface area contributed by atoms with Gasteiger partial charge in [-0.1, -0.05) is 6.07 Å². The second-order valence-electron chi connectivity index (χ2n) is 4.23. The highest BCUT2D eigenvalue weighted by Gasteiger charge is 2.04. The lowest BCUT2D eigenvalue weighted by Gasteiger charge is -2.04. The molecule has 0 aliphatic rings. The first kappa shape index (κ1) is 12.0. The number of nitrogens with zero attached hydrogens (tertiary/aromatic N) is 1. The number of aliphatic hydroxyl groups is 1. The molecule has 2 aromatic heterocycles. The Morgan fingerprint density at radius 1 is 1.22 bits per heavy atom. The fourth-order valence-electron chi connectivity index (χ4n) is 2.09. The van der Waals surface area contributed by atoms with Crippen LogP contribution in [0.4, 0.5) is 0 Å². The van der Waals surface area contributed by atoms with Crippen molar-refractivity contribution in [2.45, 2.75) is 13.2 Å². The van der Waals surface area contributed by atoms with E-state index in [-0.39, 0.29) is 6.61 Å². The Kier molecular flexibility index (Phi) is 3.24. The monoisotopic (exact) mass is 321 g/mol. The van der Waals surface area contributed by atoms with Gasteiger partial charge in [-0.25, -0.2) is 0 Å². The fraction of sp³-hybridized carbons (Fsp3) is 0.143. The second kappa shape index (κ2) is 4.88. The standard InChI is InChI=1S/C14H12BrNOS/c15-12-6-13(18-9-12)7-16-4-3-11-5-10(8-17)1-2-14(11)16/h1-6,9,17H,7-8H2. The number of aliphatic hydroxyl groups excluding tert-OH is 1. The van der Waals surface area contributed by atoms with Crippen molar-refractivity contribution in [3.8, 4) is 0 Å². The van der Waals surface area contributed by atoms with E-state index < -0.39 is 0 Å². The summed E-state index contributed by atoms with van der Waals surface area (Å²) in [6, 6.07) is 10.3. The summed E-state index contributed by atoms with van der Waals surface area (Å²) >= 11 is 5.23. The van der Waals surface area contributed by atoms with Crippen LogP contribution < -0.4 is 0 Å². The number of thiophene rings is 1. The molecule has 0 fully saturated rings. The smallest absolute Gasteiger partial charge is 0.0682 e. The minimum atomic E-state index is 0.0962. The quantitative estimate of drug-likeness (QED) is 0.774. The van der Waals surface area contributed by atoms with E-state index in [2.05, 4.69) is 50.3 Å². The molecule has 0 saturated heterocycles. The maximum atomic E-state index is 9.13. The van der Waals surface area contributed by atoms with Crippen molar-refractivity contribution >= 4 is 38.2 Å². The molecule has 2 heterocycles. The molecule has 1 N–H and O–H groups in total. The van der Waals surface area contributed by atoms with E-state index in [4.69, 9.17) is 5.11 Å². The van der Waals surface area contributed by atoms with Crippen LogP contribution in [0.5, 0.6) is 0 Å². The van der Waals surface area contributed by atoms with E-state index >= 15 is 0 Å². The summed E-state index contributed by atoms with van der Waals surface area (Å²) in [5, 5.41) is 12.4. The Hall–Kier alpha value is -1.10. The van der Waals surface area contributed by atoms with E-state index in [1.165, 1.54) is 15.8 Å². The molecular weight excluding hydrogens is 310 g/mol. The molecule has 92 valence electrons. The van der Waals surface area contributed by atoms with Crippen LogP contribution in [0.3, 0.4) is 0 Å². The molecule has 1 aromatic carbocycles. The Morgan fingerprint density at radius 2 is 2.11 bits per heavy atom. The average molecular weight is 322 g/mol. The zero-order valence-corrected chi connectivity index (χ0v) is 12.0. The van der Waals surface area contributed by atoms with Gasteiger partial charge in [-0.05, 0) is 51.1 Å². The maximum absolute atomic E-state index is 9.13. The highest BCUT2D eigenvalue weighted by molar-refractivity contribution is 9.10. The Balaban J connectivity index is 1.97. The SMILES string of the molecule is OCc1ccc2c(ccn2Cc2cc(Br)cs2)c1. The molecule has 0 radical (unpaired) electrons. The molecule has 0 aliphatic carbocycles. The summed E-state index contributed by atoms with van der Waals surface area (Å²) in [6.07, 6.45) is 2.10. The van der Waals surface area contributed by atoms with E-state index in [0.29, 0.717) is 0 Å². The topological polar surface area (TPSA) is 25.2 Å². The summed E-state index contributed by atoms with van der Waals surface area (Å²) < 4.78 is 3.37. The molecule has 3 rings (SSSR count). The van der Waals surface area contributed by atoms with Gasteiger partial charge in [-0.3, -0.25) is 0 Å². The summed E-state index contributed by atoms with van der Waals surface area (Å²) in [5.41, 5.74) is 2.16. The van der Waals surface area contributed by atoms with Crippen LogP contribution in [0.25, 0.3) is 10.9 Å². The molecular formula is C14H12BrNOS. The first-order valence-corrected chi connectivity index (χ1v) is 7.35. The molecule has 0 amide bonds. The van der Waals surface area contributed by atoms with E-state index in [1.807, 2.05) is 12.1 Å². The minimum Gasteiger partial charge on any atom is -0.392 e. The molecule has 18 heavy (non-hydrogen) atoms. The first-order chi connectivity index (χ1) is 8.76. The number of rotatable bonds is 3. The van der Waals surface area contributed by atoms with Crippen molar-refractivity contribution < 1.29 is 5.11 Å². The molecule has 2 nitrogen and oxygen atoms in total. The van der Waals surface area contributed by atoms with Crippen molar-refractivity contribution in [3.63, 3.8) is 0 Å². The average Bonchev–Trinajstić information content (AvgIpc) is 2.96.